The van der Waals surface area contributed by atoms with Gasteiger partial charge in [-0.05, 0) is 12.1 Å². The molecule has 0 radical (unpaired) electrons. The van der Waals surface area contributed by atoms with Gasteiger partial charge in [-0.1, -0.05) is 0 Å². The van der Waals surface area contributed by atoms with Crippen molar-refractivity contribution in [2.75, 3.05) is 6.54 Å². The minimum atomic E-state index is -0.420. The molecule has 0 bridgehead atoms. The molecule has 0 aliphatic carbocycles. The smallest absolute Gasteiger partial charge is 0.231 e. The minimum Gasteiger partial charge on any atom is -0.369 e. The predicted octanol–water partition coefficient (Wildman–Crippen LogP) is -0.531. The first-order valence-corrected chi connectivity index (χ1v) is 4.11. The Balaban J connectivity index is 2.50. The third-order valence-corrected chi connectivity index (χ3v) is 1.58. The highest BCUT2D eigenvalue weighted by Gasteiger charge is 1.97. The van der Waals surface area contributed by atoms with Crippen LogP contribution in [-0.2, 0) is 11.3 Å². The molecule has 1 heterocycles. The number of nitrogens with zero attached hydrogens (tertiary/aromatic N) is 1. The molecular formula is C9H11N3O2. The second-order valence-electron chi connectivity index (χ2n) is 2.77. The number of carbonyl (C=O) groups is 2. The van der Waals surface area contributed by atoms with Crippen molar-refractivity contribution in [3.63, 3.8) is 0 Å². The van der Waals surface area contributed by atoms with Gasteiger partial charge in [-0.2, -0.15) is 0 Å². The second-order valence-corrected chi connectivity index (χ2v) is 2.77. The lowest BCUT2D eigenvalue weighted by atomic mass is 10.2. The van der Waals surface area contributed by atoms with Gasteiger partial charge in [-0.25, -0.2) is 0 Å². The summed E-state index contributed by atoms with van der Waals surface area (Å²) in [7, 11) is 0. The SMILES string of the molecule is NC(=O)CNCc1cc(C=O)ccn1. The molecule has 0 aliphatic heterocycles. The maximum absolute atomic E-state index is 10.4. The first-order chi connectivity index (χ1) is 6.72. The topological polar surface area (TPSA) is 85.1 Å². The van der Waals surface area contributed by atoms with Gasteiger partial charge >= 0.3 is 0 Å². The van der Waals surface area contributed by atoms with E-state index < -0.39 is 5.91 Å². The van der Waals surface area contributed by atoms with Crippen molar-refractivity contribution in [3.8, 4) is 0 Å². The monoisotopic (exact) mass is 193 g/mol. The van der Waals surface area contributed by atoms with Gasteiger partial charge in [0.25, 0.3) is 0 Å². The lowest BCUT2D eigenvalue weighted by molar-refractivity contribution is -0.117. The third-order valence-electron chi connectivity index (χ3n) is 1.58. The zero-order valence-electron chi connectivity index (χ0n) is 7.56. The summed E-state index contributed by atoms with van der Waals surface area (Å²) in [5.41, 5.74) is 6.20. The fourth-order valence-electron chi connectivity index (χ4n) is 0.981. The molecule has 5 heteroatoms. The molecule has 1 amide bonds. The number of nitrogens with two attached hydrogens (primary N) is 1. The molecule has 0 spiro atoms. The molecule has 1 rings (SSSR count). The van der Waals surface area contributed by atoms with E-state index in [1.165, 1.54) is 0 Å². The van der Waals surface area contributed by atoms with Gasteiger partial charge in [0.05, 0.1) is 12.2 Å². The number of aromatic nitrogens is 1. The van der Waals surface area contributed by atoms with Gasteiger partial charge < -0.3 is 11.1 Å². The highest BCUT2D eigenvalue weighted by molar-refractivity contribution is 5.76. The quantitative estimate of drug-likeness (QED) is 0.615. The van der Waals surface area contributed by atoms with Crippen molar-refractivity contribution < 1.29 is 9.59 Å². The molecule has 0 fully saturated rings. The van der Waals surface area contributed by atoms with Gasteiger partial charge in [0.2, 0.25) is 5.91 Å². The first kappa shape index (κ1) is 10.3. The van der Waals surface area contributed by atoms with Crippen LogP contribution in [0.3, 0.4) is 0 Å². The van der Waals surface area contributed by atoms with E-state index in [4.69, 9.17) is 5.73 Å². The highest BCUT2D eigenvalue weighted by Crippen LogP contribution is 1.98. The number of pyridine rings is 1. The van der Waals surface area contributed by atoms with Gasteiger partial charge in [0.15, 0.2) is 0 Å². The van der Waals surface area contributed by atoms with E-state index in [9.17, 15) is 9.59 Å². The number of hydrogen-bond acceptors (Lipinski definition) is 4. The Morgan fingerprint density at radius 2 is 2.43 bits per heavy atom. The van der Waals surface area contributed by atoms with Gasteiger partial charge in [0.1, 0.15) is 6.29 Å². The maximum atomic E-state index is 10.4. The van der Waals surface area contributed by atoms with Gasteiger partial charge in [-0.3, -0.25) is 14.6 Å². The molecule has 74 valence electrons. The van der Waals surface area contributed by atoms with E-state index >= 15 is 0 Å². The number of hydrogen-bond donors (Lipinski definition) is 2. The Hall–Kier alpha value is -1.75. The number of nitrogens with one attached hydrogen (secondary N) is 1. The Kier molecular flexibility index (Phi) is 3.75. The molecule has 0 aromatic carbocycles. The van der Waals surface area contributed by atoms with Crippen LogP contribution >= 0.6 is 0 Å². The van der Waals surface area contributed by atoms with Crippen LogP contribution in [0.1, 0.15) is 16.1 Å². The fourth-order valence-corrected chi connectivity index (χ4v) is 0.981. The molecule has 0 unspecified atom stereocenters. The molecular weight excluding hydrogens is 182 g/mol. The first-order valence-electron chi connectivity index (χ1n) is 4.11. The molecule has 0 atom stereocenters. The maximum Gasteiger partial charge on any atom is 0.231 e. The number of rotatable bonds is 5. The normalized spacial score (nSPS) is 9.71. The molecule has 0 saturated heterocycles. The zero-order valence-corrected chi connectivity index (χ0v) is 7.56. The molecule has 1 aromatic rings. The highest BCUT2D eigenvalue weighted by atomic mass is 16.1. The molecule has 5 nitrogen and oxygen atoms in total. The van der Waals surface area contributed by atoms with Crippen LogP contribution in [0.4, 0.5) is 0 Å². The van der Waals surface area contributed by atoms with Crippen molar-refractivity contribution in [3.05, 3.63) is 29.6 Å². The van der Waals surface area contributed by atoms with Crippen LogP contribution in [0.25, 0.3) is 0 Å². The van der Waals surface area contributed by atoms with E-state index in [1.54, 1.807) is 18.3 Å². The predicted molar refractivity (Wildman–Crippen MR) is 50.5 cm³/mol. The molecule has 0 aliphatic rings. The summed E-state index contributed by atoms with van der Waals surface area (Å²) in [5.74, 6) is -0.420. The van der Waals surface area contributed by atoms with E-state index in [2.05, 4.69) is 10.3 Å². The van der Waals surface area contributed by atoms with E-state index in [0.29, 0.717) is 17.8 Å². The average Bonchev–Trinajstić information content (AvgIpc) is 2.18. The summed E-state index contributed by atoms with van der Waals surface area (Å²) in [4.78, 5) is 24.8. The van der Waals surface area contributed by atoms with E-state index in [1.807, 2.05) is 0 Å². The van der Waals surface area contributed by atoms with Crippen LogP contribution in [-0.4, -0.2) is 23.7 Å². The van der Waals surface area contributed by atoms with Crippen molar-refractivity contribution in [2.45, 2.75) is 6.54 Å². The van der Waals surface area contributed by atoms with Gasteiger partial charge in [-0.15, -0.1) is 0 Å². The average molecular weight is 193 g/mol. The van der Waals surface area contributed by atoms with Crippen LogP contribution in [0.15, 0.2) is 18.3 Å². The Morgan fingerprint density at radius 1 is 1.64 bits per heavy atom. The molecule has 1 aromatic heterocycles. The van der Waals surface area contributed by atoms with E-state index in [-0.39, 0.29) is 6.54 Å². The van der Waals surface area contributed by atoms with E-state index in [0.717, 1.165) is 6.29 Å². The zero-order chi connectivity index (χ0) is 10.4. The molecule has 3 N–H and O–H groups in total. The van der Waals surface area contributed by atoms with Crippen LogP contribution < -0.4 is 11.1 Å². The number of aldehydes is 1. The lowest BCUT2D eigenvalue weighted by Crippen LogP contribution is -2.28. The fraction of sp³-hybridized carbons (Fsp3) is 0.222. The van der Waals surface area contributed by atoms with Gasteiger partial charge in [0, 0.05) is 18.3 Å². The van der Waals surface area contributed by atoms with Crippen LogP contribution in [0.2, 0.25) is 0 Å². The molecule has 14 heavy (non-hydrogen) atoms. The summed E-state index contributed by atoms with van der Waals surface area (Å²) in [6, 6.07) is 3.27. The molecule has 0 saturated carbocycles. The van der Waals surface area contributed by atoms with Crippen molar-refractivity contribution in [2.24, 2.45) is 5.73 Å². The standard InChI is InChI=1S/C9H11N3O2/c10-9(14)5-11-4-8-3-7(6-13)1-2-12-8/h1-3,6,11H,4-5H2,(H2,10,14). The van der Waals surface area contributed by atoms with Crippen LogP contribution in [0, 0.1) is 0 Å². The Bertz CT molecular complexity index is 339. The number of carbonyl (C=O) groups excluding carboxylic acids is 2. The number of primary amides is 1. The summed E-state index contributed by atoms with van der Waals surface area (Å²) >= 11 is 0. The van der Waals surface area contributed by atoms with Crippen molar-refractivity contribution in [1.29, 1.82) is 0 Å². The Morgan fingerprint density at radius 3 is 3.07 bits per heavy atom. The third kappa shape index (κ3) is 3.32. The Labute approximate surface area is 81.3 Å². The summed E-state index contributed by atoms with van der Waals surface area (Å²) in [5, 5.41) is 2.80. The lowest BCUT2D eigenvalue weighted by Gasteiger charge is -2.01. The van der Waals surface area contributed by atoms with Crippen LogP contribution in [0.5, 0.6) is 0 Å². The van der Waals surface area contributed by atoms with Crippen molar-refractivity contribution in [1.82, 2.24) is 10.3 Å². The minimum absolute atomic E-state index is 0.104. The second kappa shape index (κ2) is 5.08. The summed E-state index contributed by atoms with van der Waals surface area (Å²) in [6.07, 6.45) is 2.30. The van der Waals surface area contributed by atoms with Crippen molar-refractivity contribution >= 4 is 12.2 Å². The number of amides is 1. The summed E-state index contributed by atoms with van der Waals surface area (Å²) < 4.78 is 0. The largest absolute Gasteiger partial charge is 0.369 e. The summed E-state index contributed by atoms with van der Waals surface area (Å²) in [6.45, 7) is 0.525.